The van der Waals surface area contributed by atoms with Gasteiger partial charge in [0.15, 0.2) is 6.54 Å². The number of piperazine rings is 1. The second-order valence-electron chi connectivity index (χ2n) is 5.97. The van der Waals surface area contributed by atoms with Gasteiger partial charge >= 0.3 is 0 Å². The van der Waals surface area contributed by atoms with Gasteiger partial charge in [-0.2, -0.15) is 0 Å². The molecule has 8 heteroatoms. The van der Waals surface area contributed by atoms with E-state index in [0.29, 0.717) is 16.8 Å². The number of hydrogen-bond acceptors (Lipinski definition) is 6. The lowest BCUT2D eigenvalue weighted by molar-refractivity contribution is -0.915. The minimum absolute atomic E-state index is 0.530. The number of hydrogen-bond donors (Lipinski definition) is 1. The summed E-state index contributed by atoms with van der Waals surface area (Å²) < 4.78 is 5.80. The summed E-state index contributed by atoms with van der Waals surface area (Å²) in [6, 6.07) is 9.23. The molecule has 2 aromatic heterocycles. The lowest BCUT2D eigenvalue weighted by atomic mass is 10.2. The lowest BCUT2D eigenvalue weighted by Gasteiger charge is -2.31. The van der Waals surface area contributed by atoms with Crippen LogP contribution in [0.5, 0.6) is 0 Å². The molecular formula is C17H18ClN6O+. The number of benzene rings is 1. The number of halogens is 1. The highest BCUT2D eigenvalue weighted by Gasteiger charge is 2.23. The molecule has 3 aromatic rings. The molecule has 4 rings (SSSR count). The Kier molecular flexibility index (Phi) is 4.58. The van der Waals surface area contributed by atoms with Crippen molar-refractivity contribution in [3.05, 3.63) is 53.6 Å². The van der Waals surface area contributed by atoms with E-state index in [1.54, 1.807) is 12.4 Å². The minimum atomic E-state index is 0.530. The molecule has 0 atom stereocenters. The fourth-order valence-electron chi connectivity index (χ4n) is 2.90. The predicted octanol–water partition coefficient (Wildman–Crippen LogP) is 1.09. The molecule has 1 aliphatic heterocycles. The fourth-order valence-corrected chi connectivity index (χ4v) is 3.03. The third-order valence-corrected chi connectivity index (χ3v) is 4.52. The summed E-state index contributed by atoms with van der Waals surface area (Å²) in [6.07, 6.45) is 3.55. The molecule has 1 aliphatic rings. The monoisotopic (exact) mass is 357 g/mol. The molecule has 3 heterocycles. The normalized spacial score (nSPS) is 15.5. The Labute approximate surface area is 150 Å². The first-order chi connectivity index (χ1) is 12.3. The smallest absolute Gasteiger partial charge is 0.271 e. The van der Waals surface area contributed by atoms with Crippen LogP contribution in [-0.4, -0.2) is 46.3 Å². The van der Waals surface area contributed by atoms with Gasteiger partial charge in [0.25, 0.3) is 5.89 Å². The van der Waals surface area contributed by atoms with Crippen LogP contribution in [0.2, 0.25) is 5.02 Å². The van der Waals surface area contributed by atoms with Crippen molar-refractivity contribution >= 4 is 17.5 Å². The number of nitrogens with zero attached hydrogens (tertiary/aromatic N) is 5. The molecule has 0 spiro atoms. The van der Waals surface area contributed by atoms with E-state index in [9.17, 15) is 0 Å². The van der Waals surface area contributed by atoms with Crippen molar-refractivity contribution in [1.82, 2.24) is 20.2 Å². The number of rotatable bonds is 4. The van der Waals surface area contributed by atoms with E-state index in [2.05, 4.69) is 25.1 Å². The van der Waals surface area contributed by atoms with Crippen molar-refractivity contribution in [1.29, 1.82) is 0 Å². The summed E-state index contributed by atoms with van der Waals surface area (Å²) in [5.41, 5.74) is 0.879. The first kappa shape index (κ1) is 16.0. The van der Waals surface area contributed by atoms with Gasteiger partial charge in [-0.1, -0.05) is 11.6 Å². The average molecular weight is 358 g/mol. The van der Waals surface area contributed by atoms with Crippen LogP contribution >= 0.6 is 11.6 Å². The third-order valence-electron chi connectivity index (χ3n) is 4.26. The molecule has 7 nitrogen and oxygen atoms in total. The summed E-state index contributed by atoms with van der Waals surface area (Å²) >= 11 is 5.91. The van der Waals surface area contributed by atoms with E-state index in [0.717, 1.165) is 44.2 Å². The number of aromatic nitrogens is 4. The van der Waals surface area contributed by atoms with Gasteiger partial charge in [0.05, 0.1) is 26.2 Å². The molecule has 0 saturated carbocycles. The van der Waals surface area contributed by atoms with Crippen LogP contribution in [0.25, 0.3) is 11.5 Å². The van der Waals surface area contributed by atoms with Crippen molar-refractivity contribution in [3.63, 3.8) is 0 Å². The zero-order chi connectivity index (χ0) is 17.1. The SMILES string of the molecule is Clc1ccc(-c2nnc(C[NH+]3CCN(c4ncccn4)CC3)o2)cc1. The molecule has 128 valence electrons. The summed E-state index contributed by atoms with van der Waals surface area (Å²) in [6.45, 7) is 4.52. The van der Waals surface area contributed by atoms with Crippen LogP contribution in [0.15, 0.2) is 47.1 Å². The van der Waals surface area contributed by atoms with Crippen LogP contribution in [0, 0.1) is 0 Å². The largest absolute Gasteiger partial charge is 0.415 e. The topological polar surface area (TPSA) is 72.4 Å². The van der Waals surface area contributed by atoms with Crippen LogP contribution in [0.4, 0.5) is 5.95 Å². The van der Waals surface area contributed by atoms with Gasteiger partial charge in [-0.05, 0) is 30.3 Å². The van der Waals surface area contributed by atoms with E-state index in [4.69, 9.17) is 16.0 Å². The maximum atomic E-state index is 5.91. The molecule has 0 radical (unpaired) electrons. The Hall–Kier alpha value is -2.51. The molecule has 1 aromatic carbocycles. The van der Waals surface area contributed by atoms with Gasteiger partial charge in [-0.25, -0.2) is 9.97 Å². The Balaban J connectivity index is 1.35. The molecule has 1 saturated heterocycles. The molecule has 0 aliphatic carbocycles. The summed E-state index contributed by atoms with van der Waals surface area (Å²) in [4.78, 5) is 12.2. The molecule has 0 amide bonds. The van der Waals surface area contributed by atoms with E-state index in [1.165, 1.54) is 4.90 Å². The van der Waals surface area contributed by atoms with Crippen molar-refractivity contribution in [2.24, 2.45) is 0 Å². The van der Waals surface area contributed by atoms with Gasteiger partial charge in [0.2, 0.25) is 11.8 Å². The number of quaternary nitrogens is 1. The maximum Gasteiger partial charge on any atom is 0.271 e. The fraction of sp³-hybridized carbons (Fsp3) is 0.294. The molecule has 1 fully saturated rings. The highest BCUT2D eigenvalue weighted by Crippen LogP contribution is 2.19. The number of nitrogens with one attached hydrogen (secondary N) is 1. The Morgan fingerprint density at radius 2 is 1.76 bits per heavy atom. The van der Waals surface area contributed by atoms with E-state index >= 15 is 0 Å². The predicted molar refractivity (Wildman–Crippen MR) is 93.4 cm³/mol. The first-order valence-corrected chi connectivity index (χ1v) is 8.59. The van der Waals surface area contributed by atoms with Crippen LogP contribution in [-0.2, 0) is 6.54 Å². The van der Waals surface area contributed by atoms with Crippen LogP contribution in [0.3, 0.4) is 0 Å². The quantitative estimate of drug-likeness (QED) is 0.753. The van der Waals surface area contributed by atoms with Crippen molar-refractivity contribution in [3.8, 4) is 11.5 Å². The van der Waals surface area contributed by atoms with E-state index < -0.39 is 0 Å². The van der Waals surface area contributed by atoms with Crippen molar-refractivity contribution in [2.45, 2.75) is 6.54 Å². The minimum Gasteiger partial charge on any atom is -0.415 e. The summed E-state index contributed by atoms with van der Waals surface area (Å²) in [5.74, 6) is 1.98. The zero-order valence-corrected chi connectivity index (χ0v) is 14.4. The maximum absolute atomic E-state index is 5.91. The van der Waals surface area contributed by atoms with Gasteiger partial charge in [-0.15, -0.1) is 10.2 Å². The van der Waals surface area contributed by atoms with Gasteiger partial charge in [0.1, 0.15) is 0 Å². The number of anilines is 1. The standard InChI is InChI=1S/C17H17ClN6O/c18-14-4-2-13(3-5-14)16-22-21-15(25-16)12-23-8-10-24(11-9-23)17-19-6-1-7-20-17/h1-7H,8-12H2/p+1. The summed E-state index contributed by atoms with van der Waals surface area (Å²) in [5, 5.41) is 9.01. The van der Waals surface area contributed by atoms with Crippen molar-refractivity contribution in [2.75, 3.05) is 31.1 Å². The Morgan fingerprint density at radius 1 is 1.04 bits per heavy atom. The molecule has 0 unspecified atom stereocenters. The van der Waals surface area contributed by atoms with Gasteiger partial charge in [0, 0.05) is 23.0 Å². The lowest BCUT2D eigenvalue weighted by Crippen LogP contribution is -3.13. The average Bonchev–Trinajstić information content (AvgIpc) is 3.12. The van der Waals surface area contributed by atoms with Crippen molar-refractivity contribution < 1.29 is 9.32 Å². The highest BCUT2D eigenvalue weighted by atomic mass is 35.5. The zero-order valence-electron chi connectivity index (χ0n) is 13.6. The molecule has 25 heavy (non-hydrogen) atoms. The Morgan fingerprint density at radius 3 is 2.48 bits per heavy atom. The summed E-state index contributed by atoms with van der Waals surface area (Å²) in [7, 11) is 0. The van der Waals surface area contributed by atoms with Gasteiger partial charge in [-0.3, -0.25) is 0 Å². The van der Waals surface area contributed by atoms with Crippen LogP contribution < -0.4 is 9.80 Å². The highest BCUT2D eigenvalue weighted by molar-refractivity contribution is 6.30. The second kappa shape index (κ2) is 7.16. The Bertz CT molecular complexity index is 815. The van der Waals surface area contributed by atoms with E-state index in [-0.39, 0.29) is 0 Å². The third kappa shape index (κ3) is 3.78. The molecule has 1 N–H and O–H groups in total. The van der Waals surface area contributed by atoms with Gasteiger partial charge < -0.3 is 14.2 Å². The molecule has 0 bridgehead atoms. The molecular weight excluding hydrogens is 340 g/mol. The van der Waals surface area contributed by atoms with E-state index in [1.807, 2.05) is 30.3 Å². The second-order valence-corrected chi connectivity index (χ2v) is 6.41. The first-order valence-electron chi connectivity index (χ1n) is 8.22. The van der Waals surface area contributed by atoms with Crippen LogP contribution in [0.1, 0.15) is 5.89 Å².